The maximum Gasteiger partial charge on any atom is 0.295 e. The van der Waals surface area contributed by atoms with Gasteiger partial charge in [-0.2, -0.15) is 4.98 Å². The number of nitrogens with one attached hydrogen (secondary N) is 1. The first-order valence-corrected chi connectivity index (χ1v) is 6.40. The van der Waals surface area contributed by atoms with Crippen molar-refractivity contribution in [3.8, 4) is 5.75 Å². The molecule has 0 amide bonds. The van der Waals surface area contributed by atoms with Gasteiger partial charge in [0.15, 0.2) is 17.2 Å². The third-order valence-electron chi connectivity index (χ3n) is 2.83. The molecule has 0 atom stereocenters. The zero-order valence-corrected chi connectivity index (χ0v) is 11.0. The summed E-state index contributed by atoms with van der Waals surface area (Å²) < 4.78 is 36.5. The first-order chi connectivity index (χ1) is 10.2. The molecule has 0 radical (unpaired) electrons. The fraction of sp³-hybridized carbons (Fsp3) is 0.133. The average Bonchev–Trinajstić information content (AvgIpc) is 2.90. The minimum atomic E-state index is -0.931. The lowest BCUT2D eigenvalue weighted by molar-refractivity contribution is 0.328. The van der Waals surface area contributed by atoms with E-state index in [1.165, 1.54) is 6.07 Å². The molecule has 1 aromatic heterocycles. The molecule has 0 fully saturated rings. The van der Waals surface area contributed by atoms with Crippen LogP contribution in [0.5, 0.6) is 5.75 Å². The second-order valence-electron chi connectivity index (χ2n) is 4.34. The van der Waals surface area contributed by atoms with Crippen LogP contribution < -0.4 is 10.1 Å². The molecule has 0 aliphatic carbocycles. The molecule has 0 bridgehead atoms. The van der Waals surface area contributed by atoms with Gasteiger partial charge in [-0.1, -0.05) is 12.1 Å². The number of rotatable bonds is 5. The first-order valence-electron chi connectivity index (χ1n) is 6.40. The summed E-state index contributed by atoms with van der Waals surface area (Å²) in [5, 5.41) is 2.96. The fourth-order valence-corrected chi connectivity index (χ4v) is 1.84. The SMILES string of the molecule is Fc1ccc(OCCNc2nc3ccccc3o2)cc1F. The molecule has 2 aromatic carbocycles. The topological polar surface area (TPSA) is 47.3 Å². The van der Waals surface area contributed by atoms with E-state index in [4.69, 9.17) is 9.15 Å². The van der Waals surface area contributed by atoms with E-state index in [1.807, 2.05) is 24.3 Å². The Morgan fingerprint density at radius 2 is 1.95 bits per heavy atom. The lowest BCUT2D eigenvalue weighted by atomic mass is 10.3. The number of hydrogen-bond donors (Lipinski definition) is 1. The molecule has 3 aromatic rings. The number of ether oxygens (including phenoxy) is 1. The van der Waals surface area contributed by atoms with E-state index in [0.717, 1.165) is 17.6 Å². The number of benzene rings is 2. The maximum absolute atomic E-state index is 13.0. The molecular formula is C15H12F2N2O2. The van der Waals surface area contributed by atoms with E-state index < -0.39 is 11.6 Å². The van der Waals surface area contributed by atoms with Crippen LogP contribution in [0.3, 0.4) is 0 Å². The van der Waals surface area contributed by atoms with Crippen LogP contribution in [0.1, 0.15) is 0 Å². The molecule has 6 heteroatoms. The van der Waals surface area contributed by atoms with E-state index in [9.17, 15) is 8.78 Å². The zero-order chi connectivity index (χ0) is 14.7. The molecule has 3 rings (SSSR count). The van der Waals surface area contributed by atoms with Crippen LogP contribution in [-0.4, -0.2) is 18.1 Å². The molecule has 0 aliphatic rings. The van der Waals surface area contributed by atoms with E-state index >= 15 is 0 Å². The molecule has 1 N–H and O–H groups in total. The molecular weight excluding hydrogens is 278 g/mol. The van der Waals surface area contributed by atoms with Gasteiger partial charge in [0.05, 0.1) is 6.54 Å². The predicted octanol–water partition coefficient (Wildman–Crippen LogP) is 3.60. The highest BCUT2D eigenvalue weighted by atomic mass is 19.2. The summed E-state index contributed by atoms with van der Waals surface area (Å²) in [5.41, 5.74) is 1.46. The normalized spacial score (nSPS) is 10.8. The Hall–Kier alpha value is -2.63. The van der Waals surface area contributed by atoms with Crippen LogP contribution in [0.25, 0.3) is 11.1 Å². The number of fused-ring (bicyclic) bond motifs is 1. The van der Waals surface area contributed by atoms with E-state index in [1.54, 1.807) is 0 Å². The molecule has 21 heavy (non-hydrogen) atoms. The molecule has 0 unspecified atom stereocenters. The minimum absolute atomic E-state index is 0.268. The Balaban J connectivity index is 1.52. The lowest BCUT2D eigenvalue weighted by Crippen LogP contribution is -2.11. The summed E-state index contributed by atoms with van der Waals surface area (Å²) >= 11 is 0. The van der Waals surface area contributed by atoms with Gasteiger partial charge in [0.1, 0.15) is 17.9 Å². The molecule has 0 aliphatic heterocycles. The summed E-state index contributed by atoms with van der Waals surface area (Å²) in [7, 11) is 0. The van der Waals surface area contributed by atoms with Gasteiger partial charge in [-0.05, 0) is 24.3 Å². The lowest BCUT2D eigenvalue weighted by Gasteiger charge is -2.06. The van der Waals surface area contributed by atoms with Crippen LogP contribution in [0.2, 0.25) is 0 Å². The summed E-state index contributed by atoms with van der Waals surface area (Å²) in [6.45, 7) is 0.690. The van der Waals surface area contributed by atoms with Gasteiger partial charge in [-0.15, -0.1) is 0 Å². The smallest absolute Gasteiger partial charge is 0.295 e. The van der Waals surface area contributed by atoms with Gasteiger partial charge in [-0.3, -0.25) is 0 Å². The second kappa shape index (κ2) is 5.78. The molecule has 1 heterocycles. The fourth-order valence-electron chi connectivity index (χ4n) is 1.84. The Bertz CT molecular complexity index is 725. The van der Waals surface area contributed by atoms with E-state index in [-0.39, 0.29) is 12.4 Å². The molecule has 108 valence electrons. The monoisotopic (exact) mass is 290 g/mol. The van der Waals surface area contributed by atoms with Crippen LogP contribution in [0.15, 0.2) is 46.9 Å². The highest BCUT2D eigenvalue weighted by molar-refractivity contribution is 5.74. The third-order valence-corrected chi connectivity index (χ3v) is 2.83. The maximum atomic E-state index is 13.0. The van der Waals surface area contributed by atoms with Crippen LogP contribution in [0, 0.1) is 11.6 Å². The Labute approximate surface area is 119 Å². The Morgan fingerprint density at radius 1 is 1.10 bits per heavy atom. The van der Waals surface area contributed by atoms with E-state index in [0.29, 0.717) is 18.1 Å². The van der Waals surface area contributed by atoms with Gasteiger partial charge in [-0.25, -0.2) is 8.78 Å². The van der Waals surface area contributed by atoms with Crippen LogP contribution >= 0.6 is 0 Å². The number of aromatic nitrogens is 1. The van der Waals surface area contributed by atoms with Crippen LogP contribution in [0.4, 0.5) is 14.8 Å². The second-order valence-corrected chi connectivity index (χ2v) is 4.34. The van der Waals surface area contributed by atoms with Gasteiger partial charge in [0.25, 0.3) is 6.01 Å². The molecule has 0 saturated heterocycles. The summed E-state index contributed by atoms with van der Waals surface area (Å²) in [5.74, 6) is -1.56. The number of anilines is 1. The van der Waals surface area contributed by atoms with Gasteiger partial charge >= 0.3 is 0 Å². The van der Waals surface area contributed by atoms with Crippen molar-refractivity contribution < 1.29 is 17.9 Å². The third kappa shape index (κ3) is 3.10. The number of oxazole rings is 1. The summed E-state index contributed by atoms with van der Waals surface area (Å²) in [6, 6.07) is 11.2. The quantitative estimate of drug-likeness (QED) is 0.729. The number of halogens is 2. The van der Waals surface area contributed by atoms with Crippen molar-refractivity contribution in [2.24, 2.45) is 0 Å². The van der Waals surface area contributed by atoms with Crippen molar-refractivity contribution in [2.45, 2.75) is 0 Å². The first kappa shape index (κ1) is 13.4. The minimum Gasteiger partial charge on any atom is -0.492 e. The summed E-state index contributed by atoms with van der Waals surface area (Å²) in [4.78, 5) is 4.24. The average molecular weight is 290 g/mol. The van der Waals surface area contributed by atoms with Gasteiger partial charge < -0.3 is 14.5 Å². The van der Waals surface area contributed by atoms with Gasteiger partial charge in [0, 0.05) is 6.07 Å². The van der Waals surface area contributed by atoms with Crippen LogP contribution in [-0.2, 0) is 0 Å². The van der Waals surface area contributed by atoms with Crippen molar-refractivity contribution in [2.75, 3.05) is 18.5 Å². The molecule has 4 nitrogen and oxygen atoms in total. The molecule has 0 spiro atoms. The molecule has 0 saturated carbocycles. The number of hydrogen-bond acceptors (Lipinski definition) is 4. The highest BCUT2D eigenvalue weighted by Crippen LogP contribution is 2.18. The van der Waals surface area contributed by atoms with Crippen molar-refractivity contribution >= 4 is 17.1 Å². The predicted molar refractivity (Wildman–Crippen MR) is 74.4 cm³/mol. The van der Waals surface area contributed by atoms with Crippen molar-refractivity contribution in [1.82, 2.24) is 4.98 Å². The van der Waals surface area contributed by atoms with Crippen molar-refractivity contribution in [3.63, 3.8) is 0 Å². The largest absolute Gasteiger partial charge is 0.492 e. The zero-order valence-electron chi connectivity index (χ0n) is 11.0. The van der Waals surface area contributed by atoms with Crippen molar-refractivity contribution in [1.29, 1.82) is 0 Å². The summed E-state index contributed by atoms with van der Waals surface area (Å²) in [6.07, 6.45) is 0. The highest BCUT2D eigenvalue weighted by Gasteiger charge is 2.05. The van der Waals surface area contributed by atoms with Gasteiger partial charge in [0.2, 0.25) is 0 Å². The number of para-hydroxylation sites is 2. The van der Waals surface area contributed by atoms with E-state index in [2.05, 4.69) is 10.3 Å². The standard InChI is InChI=1S/C15H12F2N2O2/c16-11-6-5-10(9-12(11)17)20-8-7-18-15-19-13-3-1-2-4-14(13)21-15/h1-6,9H,7-8H2,(H,18,19). The Kier molecular flexibility index (Phi) is 3.68. The number of nitrogens with zero attached hydrogens (tertiary/aromatic N) is 1. The van der Waals surface area contributed by atoms with Crippen molar-refractivity contribution in [3.05, 3.63) is 54.1 Å². The Morgan fingerprint density at radius 3 is 2.76 bits per heavy atom.